The van der Waals surface area contributed by atoms with Crippen molar-refractivity contribution in [3.63, 3.8) is 0 Å². The van der Waals surface area contributed by atoms with Gasteiger partial charge >= 0.3 is 6.18 Å². The molecule has 3 nitrogen and oxygen atoms in total. The van der Waals surface area contributed by atoms with Crippen LogP contribution in [0.3, 0.4) is 0 Å². The summed E-state index contributed by atoms with van der Waals surface area (Å²) >= 11 is 5.98. The number of amides is 1. The lowest BCUT2D eigenvalue weighted by molar-refractivity contribution is -0.137. The lowest BCUT2D eigenvalue weighted by atomic mass is 9.96. The van der Waals surface area contributed by atoms with E-state index in [0.717, 1.165) is 28.5 Å². The third-order valence-corrected chi connectivity index (χ3v) is 5.38. The van der Waals surface area contributed by atoms with Crippen LogP contribution in [0.15, 0.2) is 103 Å². The fourth-order valence-electron chi connectivity index (χ4n) is 3.47. The highest BCUT2D eigenvalue weighted by atomic mass is 35.5. The monoisotopic (exact) mass is 478 g/mol. The standard InChI is InChI=1S/C27H18ClF3N2O/c28-22-13-9-19(10-14-22)23(18-7-11-21(12-8-18)27(29,30)31)4-2-6-26(34)33-25-5-1-3-20-17-32-16-15-24(20)25/h1-17H,(H,33,34)/b6-2+,23-4+. The van der Waals surface area contributed by atoms with Crippen molar-refractivity contribution in [2.24, 2.45) is 0 Å². The van der Waals surface area contributed by atoms with Gasteiger partial charge in [-0.25, -0.2) is 0 Å². The molecule has 170 valence electrons. The van der Waals surface area contributed by atoms with Crippen molar-refractivity contribution in [3.05, 3.63) is 125 Å². The first-order valence-corrected chi connectivity index (χ1v) is 10.6. The van der Waals surface area contributed by atoms with Gasteiger partial charge in [0.1, 0.15) is 0 Å². The number of rotatable bonds is 5. The molecule has 0 radical (unpaired) electrons. The molecule has 1 amide bonds. The minimum Gasteiger partial charge on any atom is -0.322 e. The van der Waals surface area contributed by atoms with Gasteiger partial charge in [0.15, 0.2) is 0 Å². The Hall–Kier alpha value is -3.90. The first-order valence-electron chi connectivity index (χ1n) is 10.3. The second-order valence-electron chi connectivity index (χ2n) is 7.41. The second kappa shape index (κ2) is 9.93. The maximum absolute atomic E-state index is 13.0. The highest BCUT2D eigenvalue weighted by molar-refractivity contribution is 6.30. The molecule has 34 heavy (non-hydrogen) atoms. The molecule has 0 saturated heterocycles. The summed E-state index contributed by atoms with van der Waals surface area (Å²) in [5.41, 5.74) is 1.88. The second-order valence-corrected chi connectivity index (χ2v) is 7.85. The molecule has 1 aromatic heterocycles. The van der Waals surface area contributed by atoms with Crippen molar-refractivity contribution in [3.8, 4) is 0 Å². The van der Waals surface area contributed by atoms with Crippen LogP contribution in [0.25, 0.3) is 16.3 Å². The molecule has 1 N–H and O–H groups in total. The summed E-state index contributed by atoms with van der Waals surface area (Å²) in [4.78, 5) is 16.6. The van der Waals surface area contributed by atoms with Gasteiger partial charge in [-0.2, -0.15) is 13.2 Å². The number of aromatic nitrogens is 1. The Labute approximate surface area is 199 Å². The van der Waals surface area contributed by atoms with E-state index >= 15 is 0 Å². The number of alkyl halides is 3. The Balaban J connectivity index is 1.61. The SMILES string of the molecule is O=C(/C=C/C=C(/c1ccc(Cl)cc1)c1ccc(C(F)(F)F)cc1)Nc1cccc2cnccc12. The van der Waals surface area contributed by atoms with Gasteiger partial charge in [0.05, 0.1) is 5.56 Å². The third kappa shape index (κ3) is 5.53. The zero-order valence-corrected chi connectivity index (χ0v) is 18.4. The van der Waals surface area contributed by atoms with E-state index in [9.17, 15) is 18.0 Å². The molecule has 0 unspecified atom stereocenters. The first kappa shape index (κ1) is 23.3. The molecule has 0 bridgehead atoms. The van der Waals surface area contributed by atoms with Crippen LogP contribution in [0.4, 0.5) is 18.9 Å². The van der Waals surface area contributed by atoms with Gasteiger partial charge in [-0.05, 0) is 53.1 Å². The van der Waals surface area contributed by atoms with Gasteiger partial charge in [0.2, 0.25) is 5.91 Å². The molecule has 0 aliphatic carbocycles. The van der Waals surface area contributed by atoms with Crippen LogP contribution in [0, 0.1) is 0 Å². The summed E-state index contributed by atoms with van der Waals surface area (Å²) in [6, 6.07) is 19.1. The quantitative estimate of drug-likeness (QED) is 0.238. The van der Waals surface area contributed by atoms with Gasteiger partial charge in [0.25, 0.3) is 0 Å². The number of hydrogen-bond acceptors (Lipinski definition) is 2. The lowest BCUT2D eigenvalue weighted by Gasteiger charge is -2.11. The van der Waals surface area contributed by atoms with Gasteiger partial charge < -0.3 is 5.32 Å². The molecule has 3 aromatic carbocycles. The smallest absolute Gasteiger partial charge is 0.322 e. The molecule has 0 fully saturated rings. The minimum atomic E-state index is -4.42. The average molecular weight is 479 g/mol. The van der Waals surface area contributed by atoms with Gasteiger partial charge in [-0.3, -0.25) is 9.78 Å². The van der Waals surface area contributed by atoms with Crippen LogP contribution in [0.5, 0.6) is 0 Å². The summed E-state index contributed by atoms with van der Waals surface area (Å²) in [6.07, 6.45) is 3.55. The first-order chi connectivity index (χ1) is 16.3. The summed E-state index contributed by atoms with van der Waals surface area (Å²) in [5.74, 6) is -0.344. The Morgan fingerprint density at radius 3 is 2.26 bits per heavy atom. The molecule has 0 aliphatic rings. The predicted molar refractivity (Wildman–Crippen MR) is 129 cm³/mol. The van der Waals surface area contributed by atoms with Crippen molar-refractivity contribution in [1.29, 1.82) is 0 Å². The van der Waals surface area contributed by atoms with Crippen LogP contribution in [0.2, 0.25) is 5.02 Å². The molecule has 4 aromatic rings. The van der Waals surface area contributed by atoms with Crippen molar-refractivity contribution in [1.82, 2.24) is 4.98 Å². The number of nitrogens with one attached hydrogen (secondary N) is 1. The van der Waals surface area contributed by atoms with E-state index in [-0.39, 0.29) is 5.91 Å². The number of carbonyl (C=O) groups is 1. The minimum absolute atomic E-state index is 0.344. The zero-order chi connectivity index (χ0) is 24.1. The normalized spacial score (nSPS) is 12.3. The van der Waals surface area contributed by atoms with E-state index in [0.29, 0.717) is 21.8 Å². The number of pyridine rings is 1. The van der Waals surface area contributed by atoms with Crippen LogP contribution in [-0.2, 0) is 11.0 Å². The number of halogens is 4. The van der Waals surface area contributed by atoms with Crippen molar-refractivity contribution < 1.29 is 18.0 Å². The molecule has 0 aliphatic heterocycles. The Bertz CT molecular complexity index is 1370. The van der Waals surface area contributed by atoms with Gasteiger partial charge in [0, 0.05) is 40.0 Å². The van der Waals surface area contributed by atoms with Crippen molar-refractivity contribution in [2.75, 3.05) is 5.32 Å². The molecule has 0 saturated carbocycles. The molecule has 1 heterocycles. The predicted octanol–water partition coefficient (Wildman–Crippen LogP) is 7.53. The molecule has 0 spiro atoms. The topological polar surface area (TPSA) is 42.0 Å². The average Bonchev–Trinajstić information content (AvgIpc) is 2.82. The highest BCUT2D eigenvalue weighted by Gasteiger charge is 2.30. The zero-order valence-electron chi connectivity index (χ0n) is 17.7. The Morgan fingerprint density at radius 1 is 0.912 bits per heavy atom. The summed E-state index contributed by atoms with van der Waals surface area (Å²) in [5, 5.41) is 5.14. The number of fused-ring (bicyclic) bond motifs is 1. The van der Waals surface area contributed by atoms with Gasteiger partial charge in [-0.15, -0.1) is 0 Å². The Morgan fingerprint density at radius 2 is 1.59 bits per heavy atom. The largest absolute Gasteiger partial charge is 0.416 e. The van der Waals surface area contributed by atoms with E-state index in [2.05, 4.69) is 10.3 Å². The molecule has 4 rings (SSSR count). The highest BCUT2D eigenvalue weighted by Crippen LogP contribution is 2.32. The number of hydrogen-bond donors (Lipinski definition) is 1. The fraction of sp³-hybridized carbons (Fsp3) is 0.0370. The number of carbonyl (C=O) groups excluding carboxylic acids is 1. The van der Waals surface area contributed by atoms with Crippen molar-refractivity contribution >= 4 is 39.5 Å². The van der Waals surface area contributed by atoms with Crippen LogP contribution >= 0.6 is 11.6 Å². The summed E-state index contributed by atoms with van der Waals surface area (Å²) in [6.45, 7) is 0. The number of nitrogens with zero attached hydrogens (tertiary/aromatic N) is 1. The molecular weight excluding hydrogens is 461 g/mol. The van der Waals surface area contributed by atoms with E-state index in [4.69, 9.17) is 11.6 Å². The van der Waals surface area contributed by atoms with E-state index in [1.54, 1.807) is 54.9 Å². The van der Waals surface area contributed by atoms with Crippen molar-refractivity contribution in [2.45, 2.75) is 6.18 Å². The fourth-order valence-corrected chi connectivity index (χ4v) is 3.59. The number of allylic oxidation sites excluding steroid dienone is 2. The van der Waals surface area contributed by atoms with Crippen LogP contribution < -0.4 is 5.32 Å². The molecular formula is C27H18ClF3N2O. The Kier molecular flexibility index (Phi) is 6.80. The third-order valence-electron chi connectivity index (χ3n) is 5.13. The van der Waals surface area contributed by atoms with Gasteiger partial charge in [-0.1, -0.05) is 60.2 Å². The number of benzene rings is 3. The number of anilines is 1. The van der Waals surface area contributed by atoms with E-state index < -0.39 is 11.7 Å². The van der Waals surface area contributed by atoms with Crippen LogP contribution in [0.1, 0.15) is 16.7 Å². The summed E-state index contributed by atoms with van der Waals surface area (Å²) in [7, 11) is 0. The summed E-state index contributed by atoms with van der Waals surface area (Å²) < 4.78 is 38.9. The van der Waals surface area contributed by atoms with E-state index in [1.165, 1.54) is 18.2 Å². The lowest BCUT2D eigenvalue weighted by Crippen LogP contribution is -2.08. The molecule has 0 atom stereocenters. The van der Waals surface area contributed by atoms with Crippen LogP contribution in [-0.4, -0.2) is 10.9 Å². The molecule has 7 heteroatoms. The maximum Gasteiger partial charge on any atom is 0.416 e. The maximum atomic E-state index is 13.0. The van der Waals surface area contributed by atoms with E-state index in [1.807, 2.05) is 18.2 Å².